The van der Waals surface area contributed by atoms with Crippen LogP contribution in [0, 0.1) is 5.92 Å². The molecule has 0 saturated heterocycles. The van der Waals surface area contributed by atoms with E-state index >= 15 is 0 Å². The Morgan fingerprint density at radius 2 is 2.38 bits per heavy atom. The van der Waals surface area contributed by atoms with E-state index in [1.807, 2.05) is 0 Å². The molecule has 1 atom stereocenters. The first-order chi connectivity index (χ1) is 3.80. The van der Waals surface area contributed by atoms with E-state index in [1.54, 1.807) is 0 Å². The van der Waals surface area contributed by atoms with E-state index in [2.05, 4.69) is 29.4 Å². The zero-order chi connectivity index (χ0) is 5.98. The minimum atomic E-state index is 0.273. The lowest BCUT2D eigenvalue weighted by atomic mass is 10.2. The zero-order valence-corrected chi connectivity index (χ0v) is 5.26. The van der Waals surface area contributed by atoms with Crippen molar-refractivity contribution in [3.8, 4) is 0 Å². The standard InChI is InChI=1S/C5H11N3/c1-4(2)5-6-3-7-8-5/h4-6H,3H2,1-2H3. The second kappa shape index (κ2) is 2.22. The van der Waals surface area contributed by atoms with Gasteiger partial charge in [-0.2, -0.15) is 10.2 Å². The maximum atomic E-state index is 3.95. The molecular formula is C5H11N3. The van der Waals surface area contributed by atoms with Crippen molar-refractivity contribution < 1.29 is 0 Å². The van der Waals surface area contributed by atoms with Gasteiger partial charge in [-0.05, 0) is 5.92 Å². The van der Waals surface area contributed by atoms with Crippen molar-refractivity contribution in [2.45, 2.75) is 20.0 Å². The van der Waals surface area contributed by atoms with Crippen molar-refractivity contribution in [3.05, 3.63) is 0 Å². The maximum absolute atomic E-state index is 3.95. The van der Waals surface area contributed by atoms with Crippen molar-refractivity contribution in [2.24, 2.45) is 16.1 Å². The second-order valence-corrected chi connectivity index (χ2v) is 2.31. The Morgan fingerprint density at radius 3 is 2.62 bits per heavy atom. The Kier molecular flexibility index (Phi) is 1.58. The third-order valence-electron chi connectivity index (χ3n) is 1.21. The van der Waals surface area contributed by atoms with Crippen LogP contribution in [0.15, 0.2) is 10.2 Å². The lowest BCUT2D eigenvalue weighted by Gasteiger charge is -2.07. The van der Waals surface area contributed by atoms with Gasteiger partial charge in [0.15, 0.2) is 0 Å². The molecule has 1 N–H and O–H groups in total. The highest BCUT2D eigenvalue weighted by Gasteiger charge is 2.13. The van der Waals surface area contributed by atoms with Crippen LogP contribution >= 0.6 is 0 Å². The summed E-state index contributed by atoms with van der Waals surface area (Å²) in [6.07, 6.45) is 0.273. The Morgan fingerprint density at radius 1 is 1.62 bits per heavy atom. The molecule has 3 heteroatoms. The first kappa shape index (κ1) is 5.69. The molecule has 0 radical (unpaired) electrons. The number of hydrogen-bond acceptors (Lipinski definition) is 3. The number of nitrogens with one attached hydrogen (secondary N) is 1. The minimum absolute atomic E-state index is 0.273. The Hall–Kier alpha value is -0.440. The molecule has 0 fully saturated rings. The molecule has 8 heavy (non-hydrogen) atoms. The SMILES string of the molecule is CC(C)C1N=NCN1. The summed E-state index contributed by atoms with van der Waals surface area (Å²) in [6.45, 7) is 4.95. The van der Waals surface area contributed by atoms with Crippen LogP contribution in [0.2, 0.25) is 0 Å². The van der Waals surface area contributed by atoms with Gasteiger partial charge in [0.25, 0.3) is 0 Å². The van der Waals surface area contributed by atoms with Crippen LogP contribution in [-0.4, -0.2) is 12.8 Å². The van der Waals surface area contributed by atoms with Gasteiger partial charge in [-0.25, -0.2) is 0 Å². The van der Waals surface area contributed by atoms with Crippen LogP contribution in [0.5, 0.6) is 0 Å². The van der Waals surface area contributed by atoms with Crippen molar-refractivity contribution in [1.29, 1.82) is 0 Å². The summed E-state index contributed by atoms with van der Waals surface area (Å²) in [6, 6.07) is 0. The summed E-state index contributed by atoms with van der Waals surface area (Å²) < 4.78 is 0. The molecule has 0 aromatic rings. The molecule has 1 aliphatic heterocycles. The summed E-state index contributed by atoms with van der Waals surface area (Å²) in [4.78, 5) is 0. The highest BCUT2D eigenvalue weighted by Crippen LogP contribution is 2.06. The monoisotopic (exact) mass is 113 g/mol. The molecule has 0 spiro atoms. The zero-order valence-electron chi connectivity index (χ0n) is 5.26. The van der Waals surface area contributed by atoms with Gasteiger partial charge in [-0.1, -0.05) is 13.8 Å². The number of hydrogen-bond donors (Lipinski definition) is 1. The average molecular weight is 113 g/mol. The van der Waals surface area contributed by atoms with Gasteiger partial charge in [-0.15, -0.1) is 0 Å². The summed E-state index contributed by atoms with van der Waals surface area (Å²) in [7, 11) is 0. The van der Waals surface area contributed by atoms with Crippen molar-refractivity contribution in [1.82, 2.24) is 5.32 Å². The number of azo groups is 1. The first-order valence-electron chi connectivity index (χ1n) is 2.90. The Bertz CT molecular complexity index is 97.8. The lowest BCUT2D eigenvalue weighted by molar-refractivity contribution is 0.453. The number of nitrogens with zero attached hydrogens (tertiary/aromatic N) is 2. The molecule has 3 nitrogen and oxygen atoms in total. The van der Waals surface area contributed by atoms with E-state index in [-0.39, 0.29) is 6.17 Å². The molecular weight excluding hydrogens is 102 g/mol. The topological polar surface area (TPSA) is 36.8 Å². The molecule has 0 saturated carbocycles. The van der Waals surface area contributed by atoms with Crippen LogP contribution in [0.3, 0.4) is 0 Å². The predicted octanol–water partition coefficient (Wildman–Crippen LogP) is 0.981. The molecule has 1 aliphatic rings. The summed E-state index contributed by atoms with van der Waals surface area (Å²) in [5.41, 5.74) is 0. The molecule has 0 aliphatic carbocycles. The van der Waals surface area contributed by atoms with Gasteiger partial charge in [-0.3, -0.25) is 5.32 Å². The largest absolute Gasteiger partial charge is 0.273 e. The molecule has 1 heterocycles. The predicted molar refractivity (Wildman–Crippen MR) is 31.5 cm³/mol. The summed E-state index contributed by atoms with van der Waals surface area (Å²) in [5, 5.41) is 10.9. The quantitative estimate of drug-likeness (QED) is 0.540. The van der Waals surface area contributed by atoms with Gasteiger partial charge in [0.1, 0.15) is 12.8 Å². The van der Waals surface area contributed by atoms with E-state index in [0.29, 0.717) is 12.6 Å². The van der Waals surface area contributed by atoms with E-state index < -0.39 is 0 Å². The first-order valence-corrected chi connectivity index (χ1v) is 2.90. The average Bonchev–Trinajstić information content (AvgIpc) is 2.12. The Balaban J connectivity index is 2.36. The van der Waals surface area contributed by atoms with Gasteiger partial charge in [0.2, 0.25) is 0 Å². The van der Waals surface area contributed by atoms with Crippen LogP contribution in [0.1, 0.15) is 13.8 Å². The molecule has 0 bridgehead atoms. The Labute approximate surface area is 49.2 Å². The smallest absolute Gasteiger partial charge is 0.124 e. The highest BCUT2D eigenvalue weighted by molar-refractivity contribution is 4.68. The maximum Gasteiger partial charge on any atom is 0.124 e. The van der Waals surface area contributed by atoms with E-state index in [4.69, 9.17) is 0 Å². The fraction of sp³-hybridized carbons (Fsp3) is 1.00. The normalized spacial score (nSPS) is 27.6. The molecule has 1 unspecified atom stereocenters. The van der Waals surface area contributed by atoms with Crippen LogP contribution in [0.4, 0.5) is 0 Å². The third-order valence-corrected chi connectivity index (χ3v) is 1.21. The summed E-state index contributed by atoms with van der Waals surface area (Å²) in [5.74, 6) is 0.571. The van der Waals surface area contributed by atoms with Crippen LogP contribution in [-0.2, 0) is 0 Å². The molecule has 46 valence electrons. The fourth-order valence-electron chi connectivity index (χ4n) is 0.673. The molecule has 1 rings (SSSR count). The van der Waals surface area contributed by atoms with Crippen molar-refractivity contribution in [2.75, 3.05) is 6.67 Å². The van der Waals surface area contributed by atoms with E-state index in [1.165, 1.54) is 0 Å². The van der Waals surface area contributed by atoms with Gasteiger partial charge in [0.05, 0.1) is 0 Å². The second-order valence-electron chi connectivity index (χ2n) is 2.31. The van der Waals surface area contributed by atoms with Gasteiger partial charge < -0.3 is 0 Å². The van der Waals surface area contributed by atoms with E-state index in [0.717, 1.165) is 0 Å². The number of rotatable bonds is 1. The fourth-order valence-corrected chi connectivity index (χ4v) is 0.673. The molecule has 0 amide bonds. The van der Waals surface area contributed by atoms with Crippen LogP contribution < -0.4 is 5.32 Å². The van der Waals surface area contributed by atoms with Crippen LogP contribution in [0.25, 0.3) is 0 Å². The highest BCUT2D eigenvalue weighted by atomic mass is 15.3. The minimum Gasteiger partial charge on any atom is -0.273 e. The lowest BCUT2D eigenvalue weighted by Crippen LogP contribution is -2.26. The van der Waals surface area contributed by atoms with Gasteiger partial charge in [0, 0.05) is 0 Å². The molecule has 0 aromatic heterocycles. The van der Waals surface area contributed by atoms with Crippen molar-refractivity contribution in [3.63, 3.8) is 0 Å². The van der Waals surface area contributed by atoms with Gasteiger partial charge >= 0.3 is 0 Å². The third kappa shape index (κ3) is 1.04. The van der Waals surface area contributed by atoms with E-state index in [9.17, 15) is 0 Å². The molecule has 0 aromatic carbocycles. The van der Waals surface area contributed by atoms with Crippen molar-refractivity contribution >= 4 is 0 Å². The summed E-state index contributed by atoms with van der Waals surface area (Å²) >= 11 is 0.